The average molecular weight is 293 g/mol. The van der Waals surface area contributed by atoms with Crippen molar-refractivity contribution in [2.24, 2.45) is 0 Å². The number of hydrazine groups is 1. The lowest BCUT2D eigenvalue weighted by molar-refractivity contribution is -0.117. The quantitative estimate of drug-likeness (QED) is 0.437. The van der Waals surface area contributed by atoms with Crippen molar-refractivity contribution < 1.29 is 14.3 Å². The van der Waals surface area contributed by atoms with E-state index in [0.29, 0.717) is 17.9 Å². The van der Waals surface area contributed by atoms with E-state index in [1.165, 1.54) is 6.92 Å². The van der Waals surface area contributed by atoms with Crippen LogP contribution in [0.5, 0.6) is 5.75 Å². The van der Waals surface area contributed by atoms with Crippen molar-refractivity contribution >= 4 is 29.1 Å². The number of benzene rings is 1. The highest BCUT2D eigenvalue weighted by Crippen LogP contribution is 2.11. The molecule has 3 N–H and O–H groups in total. The number of carbonyl (C=O) groups excluding carboxylic acids is 2. The predicted octanol–water partition coefficient (Wildman–Crippen LogP) is 0.907. The Labute approximate surface area is 122 Å². The third-order valence-electron chi connectivity index (χ3n) is 2.06. The summed E-state index contributed by atoms with van der Waals surface area (Å²) in [5.41, 5.74) is 5.21. The Morgan fingerprint density at radius 3 is 2.50 bits per heavy atom. The van der Waals surface area contributed by atoms with Crippen molar-refractivity contribution in [3.05, 3.63) is 42.5 Å². The Bertz CT molecular complexity index is 514. The van der Waals surface area contributed by atoms with Crippen molar-refractivity contribution in [1.82, 2.24) is 16.2 Å². The van der Waals surface area contributed by atoms with Gasteiger partial charge in [-0.25, -0.2) is 0 Å². The SMILES string of the molecule is C=CCOc1ccc(C(=O)NNC(=S)NC(C)=O)cc1. The smallest absolute Gasteiger partial charge is 0.269 e. The van der Waals surface area contributed by atoms with Crippen molar-refractivity contribution in [2.75, 3.05) is 6.61 Å². The van der Waals surface area contributed by atoms with E-state index in [9.17, 15) is 9.59 Å². The molecular formula is C13H15N3O3S. The maximum atomic E-state index is 11.8. The van der Waals surface area contributed by atoms with Gasteiger partial charge in [0.25, 0.3) is 5.91 Å². The van der Waals surface area contributed by atoms with Crippen LogP contribution < -0.4 is 20.9 Å². The molecule has 1 aromatic rings. The number of nitrogens with one attached hydrogen (secondary N) is 3. The molecule has 0 radical (unpaired) electrons. The van der Waals surface area contributed by atoms with Crippen LogP contribution in [0.25, 0.3) is 0 Å². The molecule has 0 saturated heterocycles. The fourth-order valence-corrected chi connectivity index (χ4v) is 1.43. The Morgan fingerprint density at radius 2 is 1.95 bits per heavy atom. The van der Waals surface area contributed by atoms with Crippen LogP contribution in [0.15, 0.2) is 36.9 Å². The zero-order valence-electron chi connectivity index (χ0n) is 10.9. The summed E-state index contributed by atoms with van der Waals surface area (Å²) in [6, 6.07) is 6.56. The first-order valence-electron chi connectivity index (χ1n) is 5.74. The normalized spacial score (nSPS) is 9.25. The van der Waals surface area contributed by atoms with E-state index < -0.39 is 0 Å². The van der Waals surface area contributed by atoms with Crippen molar-refractivity contribution in [1.29, 1.82) is 0 Å². The molecule has 1 rings (SSSR count). The highest BCUT2D eigenvalue weighted by atomic mass is 32.1. The predicted molar refractivity (Wildman–Crippen MR) is 79.2 cm³/mol. The van der Waals surface area contributed by atoms with Crippen LogP contribution in [0.2, 0.25) is 0 Å². The van der Waals surface area contributed by atoms with Gasteiger partial charge in [-0.3, -0.25) is 20.4 Å². The number of hydrogen-bond acceptors (Lipinski definition) is 4. The molecule has 6 nitrogen and oxygen atoms in total. The maximum absolute atomic E-state index is 11.8. The first-order chi connectivity index (χ1) is 9.52. The number of hydrogen-bond donors (Lipinski definition) is 3. The van der Waals surface area contributed by atoms with E-state index in [2.05, 4.69) is 22.7 Å². The molecule has 7 heteroatoms. The summed E-state index contributed by atoms with van der Waals surface area (Å²) < 4.78 is 5.30. The Balaban J connectivity index is 2.49. The molecule has 0 spiro atoms. The summed E-state index contributed by atoms with van der Waals surface area (Å²) in [7, 11) is 0. The number of ether oxygens (including phenoxy) is 1. The fraction of sp³-hybridized carbons (Fsp3) is 0.154. The molecule has 1 aromatic carbocycles. The first kappa shape index (κ1) is 15.6. The molecule has 0 unspecified atom stereocenters. The van der Waals surface area contributed by atoms with Gasteiger partial charge in [0.2, 0.25) is 5.91 Å². The lowest BCUT2D eigenvalue weighted by Crippen LogP contribution is -2.47. The molecule has 0 heterocycles. The molecule has 0 atom stereocenters. The second-order valence-corrected chi connectivity index (χ2v) is 4.12. The minimum Gasteiger partial charge on any atom is -0.490 e. The molecule has 0 saturated carbocycles. The lowest BCUT2D eigenvalue weighted by Gasteiger charge is -2.10. The van der Waals surface area contributed by atoms with Gasteiger partial charge in [-0.05, 0) is 36.5 Å². The van der Waals surface area contributed by atoms with Gasteiger partial charge in [-0.1, -0.05) is 12.7 Å². The van der Waals surface area contributed by atoms with Crippen LogP contribution in [0.1, 0.15) is 17.3 Å². The highest BCUT2D eigenvalue weighted by Gasteiger charge is 2.06. The molecule has 0 aliphatic carbocycles. The molecule has 20 heavy (non-hydrogen) atoms. The number of thiocarbonyl (C=S) groups is 1. The molecule has 106 valence electrons. The number of carbonyl (C=O) groups is 2. The molecular weight excluding hydrogens is 278 g/mol. The molecule has 2 amide bonds. The van der Waals surface area contributed by atoms with Gasteiger partial charge in [0, 0.05) is 12.5 Å². The fourth-order valence-electron chi connectivity index (χ4n) is 1.23. The zero-order valence-corrected chi connectivity index (χ0v) is 11.8. The number of amides is 2. The summed E-state index contributed by atoms with van der Waals surface area (Å²) in [4.78, 5) is 22.5. The Hall–Kier alpha value is -2.41. The van der Waals surface area contributed by atoms with E-state index in [1.807, 2.05) is 0 Å². The first-order valence-corrected chi connectivity index (χ1v) is 6.15. The van der Waals surface area contributed by atoms with Gasteiger partial charge >= 0.3 is 0 Å². The van der Waals surface area contributed by atoms with Crippen LogP contribution >= 0.6 is 12.2 Å². The van der Waals surface area contributed by atoms with Crippen LogP contribution in [0.3, 0.4) is 0 Å². The summed E-state index contributed by atoms with van der Waals surface area (Å²) in [6.07, 6.45) is 1.63. The minimum atomic E-state index is -0.382. The summed E-state index contributed by atoms with van der Waals surface area (Å²) in [5, 5.41) is 2.34. The third kappa shape index (κ3) is 5.49. The highest BCUT2D eigenvalue weighted by molar-refractivity contribution is 7.80. The van der Waals surface area contributed by atoms with E-state index in [1.54, 1.807) is 30.3 Å². The zero-order chi connectivity index (χ0) is 15.0. The van der Waals surface area contributed by atoms with Crippen LogP contribution in [0, 0.1) is 0 Å². The van der Waals surface area contributed by atoms with E-state index in [-0.39, 0.29) is 16.9 Å². The van der Waals surface area contributed by atoms with Crippen LogP contribution in [-0.2, 0) is 4.79 Å². The van der Waals surface area contributed by atoms with Crippen molar-refractivity contribution in [2.45, 2.75) is 6.92 Å². The van der Waals surface area contributed by atoms with Gasteiger partial charge in [-0.15, -0.1) is 0 Å². The van der Waals surface area contributed by atoms with Crippen LogP contribution in [-0.4, -0.2) is 23.5 Å². The van der Waals surface area contributed by atoms with Crippen molar-refractivity contribution in [3.8, 4) is 5.75 Å². The van der Waals surface area contributed by atoms with Crippen molar-refractivity contribution in [3.63, 3.8) is 0 Å². The van der Waals surface area contributed by atoms with Crippen LogP contribution in [0.4, 0.5) is 0 Å². The second kappa shape index (κ2) is 7.90. The number of rotatable bonds is 4. The van der Waals surface area contributed by atoms with Gasteiger partial charge in [0.1, 0.15) is 12.4 Å². The van der Waals surface area contributed by atoms with Gasteiger partial charge in [-0.2, -0.15) is 0 Å². The monoisotopic (exact) mass is 293 g/mol. The maximum Gasteiger partial charge on any atom is 0.269 e. The standard InChI is InChI=1S/C13H15N3O3S/c1-3-8-19-11-6-4-10(5-7-11)12(18)15-16-13(20)14-9(2)17/h3-7H,1,8H2,2H3,(H,15,18)(H2,14,16,17,20). The Morgan fingerprint density at radius 1 is 1.30 bits per heavy atom. The third-order valence-corrected chi connectivity index (χ3v) is 2.27. The molecule has 0 aromatic heterocycles. The largest absolute Gasteiger partial charge is 0.490 e. The average Bonchev–Trinajstić information content (AvgIpc) is 2.42. The Kier molecular flexibility index (Phi) is 6.18. The molecule has 0 fully saturated rings. The lowest BCUT2D eigenvalue weighted by atomic mass is 10.2. The van der Waals surface area contributed by atoms with Gasteiger partial charge < -0.3 is 10.1 Å². The molecule has 0 aliphatic heterocycles. The molecule has 0 aliphatic rings. The van der Waals surface area contributed by atoms with E-state index in [0.717, 1.165) is 0 Å². The molecule has 0 bridgehead atoms. The summed E-state index contributed by atoms with van der Waals surface area (Å²) in [6.45, 7) is 5.26. The summed E-state index contributed by atoms with van der Waals surface area (Å²) >= 11 is 4.78. The minimum absolute atomic E-state index is 0.0248. The van der Waals surface area contributed by atoms with E-state index in [4.69, 9.17) is 17.0 Å². The summed E-state index contributed by atoms with van der Waals surface area (Å²) in [5.74, 6) is -0.0587. The topological polar surface area (TPSA) is 79.5 Å². The van der Waals surface area contributed by atoms with Gasteiger partial charge in [0.15, 0.2) is 5.11 Å². The van der Waals surface area contributed by atoms with Gasteiger partial charge in [0.05, 0.1) is 0 Å². The second-order valence-electron chi connectivity index (χ2n) is 3.71. The van der Waals surface area contributed by atoms with E-state index >= 15 is 0 Å².